The molecule has 2 aromatic rings. The highest BCUT2D eigenvalue weighted by Gasteiger charge is 2.10. The van der Waals surface area contributed by atoms with Crippen LogP contribution < -0.4 is 4.90 Å². The van der Waals surface area contributed by atoms with E-state index in [1.807, 2.05) is 37.3 Å². The van der Waals surface area contributed by atoms with Crippen LogP contribution >= 0.6 is 11.8 Å². The van der Waals surface area contributed by atoms with Crippen LogP contribution in [-0.2, 0) is 0 Å². The van der Waals surface area contributed by atoms with Crippen molar-refractivity contribution in [3.05, 3.63) is 24.4 Å². The Kier molecular flexibility index (Phi) is 2.37. The number of hydrogen-bond donors (Lipinski definition) is 0. The Morgan fingerprint density at radius 2 is 2.14 bits per heavy atom. The maximum Gasteiger partial charge on any atom is 0.210 e. The van der Waals surface area contributed by atoms with Gasteiger partial charge in [-0.2, -0.15) is 0 Å². The first-order valence-corrected chi connectivity index (χ1v) is 5.65. The molecule has 0 aliphatic carbocycles. The number of hydrogen-bond acceptors (Lipinski definition) is 3. The number of nitrogens with zero attached hydrogens (tertiary/aromatic N) is 3. The molecule has 0 saturated heterocycles. The Hall–Kier alpha value is -1.16. The van der Waals surface area contributed by atoms with Gasteiger partial charge in [0.05, 0.1) is 5.52 Å². The molecule has 0 N–H and O–H groups in total. The zero-order valence-corrected chi connectivity index (χ0v) is 9.38. The van der Waals surface area contributed by atoms with Gasteiger partial charge in [0.1, 0.15) is 5.03 Å². The van der Waals surface area contributed by atoms with E-state index in [0.29, 0.717) is 0 Å². The lowest BCUT2D eigenvalue weighted by atomic mass is 10.4. The second-order valence-corrected chi connectivity index (χ2v) is 4.07. The van der Waals surface area contributed by atoms with Crippen molar-refractivity contribution in [3.63, 3.8) is 0 Å². The van der Waals surface area contributed by atoms with E-state index in [4.69, 9.17) is 0 Å². The van der Waals surface area contributed by atoms with Crippen LogP contribution in [0.15, 0.2) is 29.4 Å². The van der Waals surface area contributed by atoms with Crippen LogP contribution in [0.2, 0.25) is 0 Å². The molecule has 0 aliphatic heterocycles. The van der Waals surface area contributed by atoms with Gasteiger partial charge in [0.15, 0.2) is 0 Å². The van der Waals surface area contributed by atoms with E-state index < -0.39 is 0 Å². The van der Waals surface area contributed by atoms with Crippen molar-refractivity contribution < 1.29 is 0 Å². The minimum atomic E-state index is 0.977. The molecule has 0 bridgehead atoms. The van der Waals surface area contributed by atoms with Crippen molar-refractivity contribution in [1.82, 2.24) is 9.38 Å². The Bertz CT molecular complexity index is 448. The standard InChI is InChI=1S/C10H13N3S/c1-12(2)10-11-9(14-3)8-6-4-5-7-13(8)10/h4-7H,1-3H3. The van der Waals surface area contributed by atoms with Crippen molar-refractivity contribution in [2.24, 2.45) is 0 Å². The van der Waals surface area contributed by atoms with E-state index in [9.17, 15) is 0 Å². The smallest absolute Gasteiger partial charge is 0.210 e. The van der Waals surface area contributed by atoms with Crippen LogP contribution in [0.3, 0.4) is 0 Å². The van der Waals surface area contributed by atoms with Gasteiger partial charge >= 0.3 is 0 Å². The van der Waals surface area contributed by atoms with Crippen molar-refractivity contribution in [3.8, 4) is 0 Å². The van der Waals surface area contributed by atoms with E-state index in [0.717, 1.165) is 11.0 Å². The maximum absolute atomic E-state index is 4.56. The fourth-order valence-electron chi connectivity index (χ4n) is 1.46. The molecule has 0 fully saturated rings. The summed E-state index contributed by atoms with van der Waals surface area (Å²) in [5.41, 5.74) is 1.17. The van der Waals surface area contributed by atoms with Gasteiger partial charge in [-0.05, 0) is 18.4 Å². The SMILES string of the molecule is CSc1nc(N(C)C)n2ccccc12. The Labute approximate surface area is 87.7 Å². The number of thioether (sulfide) groups is 1. The fraction of sp³-hybridized carbons (Fsp3) is 0.300. The molecule has 0 spiro atoms. The van der Waals surface area contributed by atoms with Crippen molar-refractivity contribution in [2.75, 3.05) is 25.3 Å². The van der Waals surface area contributed by atoms with Crippen LogP contribution in [-0.4, -0.2) is 29.7 Å². The second kappa shape index (κ2) is 3.53. The largest absolute Gasteiger partial charge is 0.348 e. The third-order valence-corrected chi connectivity index (χ3v) is 2.78. The molecule has 2 rings (SSSR count). The van der Waals surface area contributed by atoms with Gasteiger partial charge in [0, 0.05) is 20.3 Å². The van der Waals surface area contributed by atoms with Crippen LogP contribution in [0.25, 0.3) is 5.52 Å². The quantitative estimate of drug-likeness (QED) is 0.704. The summed E-state index contributed by atoms with van der Waals surface area (Å²) in [7, 11) is 4.01. The molecule has 0 atom stereocenters. The Morgan fingerprint density at radius 3 is 2.79 bits per heavy atom. The first kappa shape index (κ1) is 9.40. The molecule has 0 aromatic carbocycles. The highest BCUT2D eigenvalue weighted by atomic mass is 32.2. The molecule has 0 aliphatic rings. The average Bonchev–Trinajstić information content (AvgIpc) is 2.56. The third-order valence-electron chi connectivity index (χ3n) is 2.09. The summed E-state index contributed by atoms with van der Waals surface area (Å²) in [6.45, 7) is 0. The monoisotopic (exact) mass is 207 g/mol. The van der Waals surface area contributed by atoms with E-state index in [2.05, 4.69) is 21.7 Å². The molecular formula is C10H13N3S. The molecule has 4 heteroatoms. The normalized spacial score (nSPS) is 10.8. The van der Waals surface area contributed by atoms with E-state index in [1.165, 1.54) is 5.52 Å². The molecule has 0 amide bonds. The van der Waals surface area contributed by atoms with Gasteiger partial charge in [0.2, 0.25) is 5.95 Å². The zero-order valence-electron chi connectivity index (χ0n) is 8.56. The average molecular weight is 207 g/mol. The van der Waals surface area contributed by atoms with Crippen molar-refractivity contribution >= 4 is 23.2 Å². The fourth-order valence-corrected chi connectivity index (χ4v) is 2.01. The predicted molar refractivity (Wildman–Crippen MR) is 61.3 cm³/mol. The molecule has 0 unspecified atom stereocenters. The van der Waals surface area contributed by atoms with E-state index in [-0.39, 0.29) is 0 Å². The zero-order chi connectivity index (χ0) is 10.1. The molecule has 14 heavy (non-hydrogen) atoms. The van der Waals surface area contributed by atoms with Gasteiger partial charge < -0.3 is 4.90 Å². The molecular weight excluding hydrogens is 194 g/mol. The highest BCUT2D eigenvalue weighted by Crippen LogP contribution is 2.24. The molecule has 0 saturated carbocycles. The summed E-state index contributed by atoms with van der Waals surface area (Å²) >= 11 is 1.68. The summed E-state index contributed by atoms with van der Waals surface area (Å²) < 4.78 is 2.10. The molecule has 2 heterocycles. The molecule has 2 aromatic heterocycles. The minimum Gasteiger partial charge on any atom is -0.348 e. The number of imidazole rings is 1. The number of rotatable bonds is 2. The van der Waals surface area contributed by atoms with Crippen molar-refractivity contribution in [1.29, 1.82) is 0 Å². The molecule has 74 valence electrons. The topological polar surface area (TPSA) is 20.5 Å². The summed E-state index contributed by atoms with van der Waals surface area (Å²) in [5.74, 6) is 0.977. The van der Waals surface area contributed by atoms with Crippen LogP contribution in [0, 0.1) is 0 Å². The minimum absolute atomic E-state index is 0.977. The predicted octanol–water partition coefficient (Wildman–Crippen LogP) is 2.12. The molecule has 0 radical (unpaired) electrons. The summed E-state index contributed by atoms with van der Waals surface area (Å²) in [4.78, 5) is 6.58. The van der Waals surface area contributed by atoms with E-state index in [1.54, 1.807) is 11.8 Å². The Morgan fingerprint density at radius 1 is 1.36 bits per heavy atom. The van der Waals surface area contributed by atoms with E-state index >= 15 is 0 Å². The summed E-state index contributed by atoms with van der Waals surface area (Å²) in [6.07, 6.45) is 4.09. The first-order valence-electron chi connectivity index (χ1n) is 4.42. The first-order chi connectivity index (χ1) is 6.74. The van der Waals surface area contributed by atoms with Gasteiger partial charge in [-0.1, -0.05) is 6.07 Å². The lowest BCUT2D eigenvalue weighted by Crippen LogP contribution is -2.12. The van der Waals surface area contributed by atoms with Crippen molar-refractivity contribution in [2.45, 2.75) is 5.03 Å². The summed E-state index contributed by atoms with van der Waals surface area (Å²) in [5, 5.41) is 1.08. The lowest BCUT2D eigenvalue weighted by molar-refractivity contribution is 0.985. The summed E-state index contributed by atoms with van der Waals surface area (Å²) in [6, 6.07) is 6.15. The van der Waals surface area contributed by atoms with Gasteiger partial charge in [0.25, 0.3) is 0 Å². The highest BCUT2D eigenvalue weighted by molar-refractivity contribution is 7.98. The number of aromatic nitrogens is 2. The molecule has 3 nitrogen and oxygen atoms in total. The third kappa shape index (κ3) is 1.35. The number of fused-ring (bicyclic) bond motifs is 1. The van der Waals surface area contributed by atoms with Crippen LogP contribution in [0.4, 0.5) is 5.95 Å². The van der Waals surface area contributed by atoms with Gasteiger partial charge in [-0.3, -0.25) is 4.40 Å². The number of anilines is 1. The van der Waals surface area contributed by atoms with Gasteiger partial charge in [-0.25, -0.2) is 4.98 Å². The maximum atomic E-state index is 4.56. The second-order valence-electron chi connectivity index (χ2n) is 3.27. The van der Waals surface area contributed by atoms with Crippen LogP contribution in [0.1, 0.15) is 0 Å². The Balaban J connectivity index is 2.73. The number of pyridine rings is 1. The van der Waals surface area contributed by atoms with Gasteiger partial charge in [-0.15, -0.1) is 11.8 Å². The van der Waals surface area contributed by atoms with Crippen LogP contribution in [0.5, 0.6) is 0 Å². The lowest BCUT2D eigenvalue weighted by Gasteiger charge is -2.09.